The number of nitrogens with two attached hydrogens (primary N) is 1. The standard InChI is InChI=1S/C10H9Cl2NO.K.H/c11-7-3-1-2-6(8(7)12)9(14)10(13)4-5-10;;/h1-3H,4-5,13H2;;/q;+1;-1. The molecule has 1 aliphatic rings. The van der Waals surface area contributed by atoms with Gasteiger partial charge in [-0.2, -0.15) is 0 Å². The van der Waals surface area contributed by atoms with E-state index in [-0.39, 0.29) is 58.6 Å². The minimum Gasteiger partial charge on any atom is -1.00 e. The molecule has 0 aromatic heterocycles. The molecule has 15 heavy (non-hydrogen) atoms. The van der Waals surface area contributed by atoms with Crippen molar-refractivity contribution in [2.24, 2.45) is 5.73 Å². The van der Waals surface area contributed by atoms with Gasteiger partial charge in [-0.25, -0.2) is 0 Å². The van der Waals surface area contributed by atoms with E-state index in [0.717, 1.165) is 12.8 Å². The van der Waals surface area contributed by atoms with Gasteiger partial charge in [-0.1, -0.05) is 29.3 Å². The first kappa shape index (κ1) is 14.1. The molecule has 2 N–H and O–H groups in total. The van der Waals surface area contributed by atoms with Gasteiger partial charge in [0.15, 0.2) is 5.78 Å². The Morgan fingerprint density at radius 3 is 2.53 bits per heavy atom. The molecule has 0 atom stereocenters. The molecular weight excluding hydrogens is 260 g/mol. The molecule has 0 bridgehead atoms. The maximum Gasteiger partial charge on any atom is 1.00 e. The topological polar surface area (TPSA) is 43.1 Å². The van der Waals surface area contributed by atoms with Gasteiger partial charge in [0.2, 0.25) is 0 Å². The van der Waals surface area contributed by atoms with Gasteiger partial charge in [0.1, 0.15) is 0 Å². The quantitative estimate of drug-likeness (QED) is 0.596. The molecule has 0 radical (unpaired) electrons. The van der Waals surface area contributed by atoms with Crippen LogP contribution in [0.2, 0.25) is 10.0 Å². The molecule has 1 aromatic rings. The van der Waals surface area contributed by atoms with Crippen molar-refractivity contribution in [2.45, 2.75) is 18.4 Å². The minimum atomic E-state index is -0.686. The minimum absolute atomic E-state index is 0. The number of carbonyl (C=O) groups is 1. The average Bonchev–Trinajstić information content (AvgIpc) is 2.89. The fourth-order valence-electron chi connectivity index (χ4n) is 1.31. The molecule has 0 amide bonds. The Kier molecular flexibility index (Phi) is 4.85. The molecule has 0 unspecified atom stereocenters. The third-order valence-electron chi connectivity index (χ3n) is 2.44. The second-order valence-corrected chi connectivity index (χ2v) is 4.37. The molecular formula is C10H10Cl2KNO. The number of rotatable bonds is 2. The maximum absolute atomic E-state index is 11.8. The van der Waals surface area contributed by atoms with Crippen molar-refractivity contribution in [3.8, 4) is 0 Å². The second-order valence-electron chi connectivity index (χ2n) is 3.59. The summed E-state index contributed by atoms with van der Waals surface area (Å²) in [6, 6.07) is 5.01. The summed E-state index contributed by atoms with van der Waals surface area (Å²) < 4.78 is 0. The third-order valence-corrected chi connectivity index (χ3v) is 3.26. The molecule has 1 fully saturated rings. The molecule has 0 saturated heterocycles. The number of benzene rings is 1. The molecule has 2 nitrogen and oxygen atoms in total. The van der Waals surface area contributed by atoms with E-state index in [1.807, 2.05) is 0 Å². The molecule has 0 spiro atoms. The summed E-state index contributed by atoms with van der Waals surface area (Å²) in [5.41, 5.74) is 5.53. The normalized spacial score (nSPS) is 16.7. The summed E-state index contributed by atoms with van der Waals surface area (Å²) >= 11 is 11.7. The van der Waals surface area contributed by atoms with Crippen LogP contribution in [-0.4, -0.2) is 11.3 Å². The molecule has 1 saturated carbocycles. The van der Waals surface area contributed by atoms with E-state index in [1.54, 1.807) is 18.2 Å². The summed E-state index contributed by atoms with van der Waals surface area (Å²) in [5.74, 6) is -0.106. The number of halogens is 2. The first-order valence-electron chi connectivity index (χ1n) is 4.32. The summed E-state index contributed by atoms with van der Waals surface area (Å²) in [6.07, 6.45) is 1.46. The molecule has 0 aliphatic heterocycles. The molecule has 2 rings (SSSR count). The smallest absolute Gasteiger partial charge is 1.00 e. The third kappa shape index (κ3) is 2.85. The number of ketones is 1. The van der Waals surface area contributed by atoms with Crippen LogP contribution in [0.3, 0.4) is 0 Å². The van der Waals surface area contributed by atoms with Crippen LogP contribution in [0.1, 0.15) is 24.6 Å². The van der Waals surface area contributed by atoms with Gasteiger partial charge in [-0.15, -0.1) is 0 Å². The first-order valence-corrected chi connectivity index (χ1v) is 5.08. The monoisotopic (exact) mass is 269 g/mol. The van der Waals surface area contributed by atoms with E-state index in [1.165, 1.54) is 0 Å². The number of hydrogen-bond donors (Lipinski definition) is 1. The molecule has 0 heterocycles. The van der Waals surface area contributed by atoms with Crippen molar-refractivity contribution < 1.29 is 57.6 Å². The Bertz CT molecular complexity index is 410. The van der Waals surface area contributed by atoms with Crippen molar-refractivity contribution in [1.82, 2.24) is 0 Å². The van der Waals surface area contributed by atoms with Gasteiger partial charge in [0.05, 0.1) is 15.6 Å². The van der Waals surface area contributed by atoms with Gasteiger partial charge in [-0.05, 0) is 25.0 Å². The van der Waals surface area contributed by atoms with E-state index in [2.05, 4.69) is 0 Å². The van der Waals surface area contributed by atoms with E-state index in [9.17, 15) is 4.79 Å². The summed E-state index contributed by atoms with van der Waals surface area (Å²) in [4.78, 5) is 11.8. The van der Waals surface area contributed by atoms with Gasteiger partial charge < -0.3 is 7.16 Å². The Hall–Kier alpha value is 1.07. The van der Waals surface area contributed by atoms with Crippen molar-refractivity contribution in [2.75, 3.05) is 0 Å². The largest absolute Gasteiger partial charge is 1.00 e. The second kappa shape index (κ2) is 5.15. The van der Waals surface area contributed by atoms with Crippen LogP contribution >= 0.6 is 23.2 Å². The summed E-state index contributed by atoms with van der Waals surface area (Å²) in [7, 11) is 0. The number of Topliss-reactive ketones (excluding diaryl/α,β-unsaturated/α-hetero) is 1. The predicted molar refractivity (Wildman–Crippen MR) is 58.1 cm³/mol. The Labute approximate surface area is 142 Å². The Balaban J connectivity index is 0.00000112. The average molecular weight is 270 g/mol. The van der Waals surface area contributed by atoms with Crippen LogP contribution in [0.4, 0.5) is 0 Å². The molecule has 1 aliphatic carbocycles. The van der Waals surface area contributed by atoms with Gasteiger partial charge >= 0.3 is 51.4 Å². The van der Waals surface area contributed by atoms with Crippen LogP contribution < -0.4 is 57.1 Å². The predicted octanol–water partition coefficient (Wildman–Crippen LogP) is -0.216. The summed E-state index contributed by atoms with van der Waals surface area (Å²) in [5, 5.41) is 0.692. The van der Waals surface area contributed by atoms with Crippen molar-refractivity contribution in [3.05, 3.63) is 33.8 Å². The van der Waals surface area contributed by atoms with Crippen molar-refractivity contribution in [1.29, 1.82) is 0 Å². The fraction of sp³-hybridized carbons (Fsp3) is 0.300. The fourth-order valence-corrected chi connectivity index (χ4v) is 1.70. The van der Waals surface area contributed by atoms with E-state index >= 15 is 0 Å². The maximum atomic E-state index is 11.8. The Morgan fingerprint density at radius 2 is 2.00 bits per heavy atom. The number of carbonyl (C=O) groups excluding carboxylic acids is 1. The molecule has 76 valence electrons. The van der Waals surface area contributed by atoms with Crippen LogP contribution in [0.25, 0.3) is 0 Å². The van der Waals surface area contributed by atoms with E-state index in [0.29, 0.717) is 15.6 Å². The zero-order valence-corrected chi connectivity index (χ0v) is 13.0. The van der Waals surface area contributed by atoms with Crippen molar-refractivity contribution in [3.63, 3.8) is 0 Å². The summed E-state index contributed by atoms with van der Waals surface area (Å²) in [6.45, 7) is 0. The van der Waals surface area contributed by atoms with Crippen LogP contribution in [0, 0.1) is 0 Å². The van der Waals surface area contributed by atoms with Crippen LogP contribution in [-0.2, 0) is 0 Å². The Morgan fingerprint density at radius 1 is 1.40 bits per heavy atom. The van der Waals surface area contributed by atoms with Crippen molar-refractivity contribution >= 4 is 29.0 Å². The van der Waals surface area contributed by atoms with Gasteiger partial charge in [-0.3, -0.25) is 4.79 Å². The van der Waals surface area contributed by atoms with E-state index < -0.39 is 5.54 Å². The van der Waals surface area contributed by atoms with Gasteiger partial charge in [0.25, 0.3) is 0 Å². The van der Waals surface area contributed by atoms with Crippen LogP contribution in [0.15, 0.2) is 18.2 Å². The first-order chi connectivity index (χ1) is 6.54. The SMILES string of the molecule is NC1(C(=O)c2cccc(Cl)c2Cl)CC1.[H-].[K+]. The zero-order valence-electron chi connectivity index (χ0n) is 9.39. The van der Waals surface area contributed by atoms with E-state index in [4.69, 9.17) is 28.9 Å². The molecule has 5 heteroatoms. The van der Waals surface area contributed by atoms with Gasteiger partial charge in [0, 0.05) is 5.56 Å². The molecule has 1 aromatic carbocycles. The zero-order chi connectivity index (χ0) is 10.3. The van der Waals surface area contributed by atoms with Crippen LogP contribution in [0.5, 0.6) is 0 Å². The number of hydrogen-bond acceptors (Lipinski definition) is 2.